The average molecular weight is 433 g/mol. The molecule has 1 aliphatic rings. The molecule has 3 rings (SSSR count). The standard InChI is InChI=1S/C22H25BrO4/c1-22(25)14-20(24)27-19(21(22)23)9-5-8-16-10-12-18(13-11-16)26-15-17-6-3-2-4-7-17/h2-4,6-7,10-13,19,21,25H,5,8-9,14-15H2,1H3. The molecule has 27 heavy (non-hydrogen) atoms. The number of alkyl halides is 1. The third-order valence-corrected chi connectivity index (χ3v) is 6.41. The Labute approximate surface area is 168 Å². The number of carbonyl (C=O) groups excluding carboxylic acids is 1. The lowest BCUT2D eigenvalue weighted by atomic mass is 9.89. The molecule has 3 atom stereocenters. The Hall–Kier alpha value is -1.85. The third kappa shape index (κ3) is 5.56. The predicted molar refractivity (Wildman–Crippen MR) is 108 cm³/mol. The number of hydrogen-bond acceptors (Lipinski definition) is 4. The Morgan fingerprint density at radius 1 is 1.15 bits per heavy atom. The molecule has 3 unspecified atom stereocenters. The van der Waals surface area contributed by atoms with Crippen LogP contribution < -0.4 is 4.74 Å². The van der Waals surface area contributed by atoms with Crippen LogP contribution in [-0.2, 0) is 22.6 Å². The summed E-state index contributed by atoms with van der Waals surface area (Å²) in [5.74, 6) is 0.515. The lowest BCUT2D eigenvalue weighted by Gasteiger charge is -2.38. The molecule has 144 valence electrons. The van der Waals surface area contributed by atoms with Gasteiger partial charge < -0.3 is 14.6 Å². The van der Waals surface area contributed by atoms with Gasteiger partial charge in [0, 0.05) is 0 Å². The Balaban J connectivity index is 1.45. The molecule has 1 heterocycles. The zero-order valence-corrected chi connectivity index (χ0v) is 17.0. The number of carbonyl (C=O) groups is 1. The molecule has 0 aliphatic carbocycles. The molecule has 5 heteroatoms. The minimum atomic E-state index is -1.06. The van der Waals surface area contributed by atoms with Crippen LogP contribution in [0, 0.1) is 0 Å². The fourth-order valence-corrected chi connectivity index (χ4v) is 3.80. The Bertz CT molecular complexity index is 743. The lowest BCUT2D eigenvalue weighted by molar-refractivity contribution is -0.166. The van der Waals surface area contributed by atoms with Crippen LogP contribution in [0.2, 0.25) is 0 Å². The molecule has 4 nitrogen and oxygen atoms in total. The quantitative estimate of drug-likeness (QED) is 0.519. The summed E-state index contributed by atoms with van der Waals surface area (Å²) in [6, 6.07) is 18.2. The molecule has 0 radical (unpaired) electrons. The molecule has 0 bridgehead atoms. The van der Waals surface area contributed by atoms with Gasteiger partial charge in [-0.2, -0.15) is 0 Å². The van der Waals surface area contributed by atoms with E-state index < -0.39 is 5.60 Å². The molecule has 1 saturated heterocycles. The van der Waals surface area contributed by atoms with E-state index in [4.69, 9.17) is 9.47 Å². The van der Waals surface area contributed by atoms with Gasteiger partial charge in [0.15, 0.2) is 0 Å². The van der Waals surface area contributed by atoms with Gasteiger partial charge in [-0.1, -0.05) is 58.4 Å². The van der Waals surface area contributed by atoms with Crippen LogP contribution in [0.15, 0.2) is 54.6 Å². The average Bonchev–Trinajstić information content (AvgIpc) is 2.65. The first-order valence-electron chi connectivity index (χ1n) is 9.26. The van der Waals surface area contributed by atoms with Crippen LogP contribution in [0.3, 0.4) is 0 Å². The van der Waals surface area contributed by atoms with E-state index in [2.05, 4.69) is 28.1 Å². The van der Waals surface area contributed by atoms with E-state index in [1.54, 1.807) is 6.92 Å². The summed E-state index contributed by atoms with van der Waals surface area (Å²) in [7, 11) is 0. The normalized spacial score (nSPS) is 25.1. The third-order valence-electron chi connectivity index (χ3n) is 4.83. The van der Waals surface area contributed by atoms with Crippen molar-refractivity contribution in [3.8, 4) is 5.75 Å². The van der Waals surface area contributed by atoms with Crippen molar-refractivity contribution in [2.45, 2.75) is 55.7 Å². The summed E-state index contributed by atoms with van der Waals surface area (Å²) >= 11 is 3.49. The van der Waals surface area contributed by atoms with Crippen LogP contribution in [0.4, 0.5) is 0 Å². The number of esters is 1. The highest BCUT2D eigenvalue weighted by atomic mass is 79.9. The largest absolute Gasteiger partial charge is 0.489 e. The number of cyclic esters (lactones) is 1. The number of hydrogen-bond donors (Lipinski definition) is 1. The van der Waals surface area contributed by atoms with Crippen LogP contribution in [0.25, 0.3) is 0 Å². The Kier molecular flexibility index (Phi) is 6.55. The maximum Gasteiger partial charge on any atom is 0.309 e. The van der Waals surface area contributed by atoms with Gasteiger partial charge in [-0.25, -0.2) is 0 Å². The van der Waals surface area contributed by atoms with Gasteiger partial charge in [-0.3, -0.25) is 4.79 Å². The number of halogens is 1. The first-order valence-corrected chi connectivity index (χ1v) is 10.2. The van der Waals surface area contributed by atoms with Gasteiger partial charge in [-0.05, 0) is 49.4 Å². The van der Waals surface area contributed by atoms with Gasteiger partial charge >= 0.3 is 5.97 Å². The van der Waals surface area contributed by atoms with Gasteiger partial charge in [0.25, 0.3) is 0 Å². The molecule has 0 spiro atoms. The molecule has 0 aromatic heterocycles. The highest BCUT2D eigenvalue weighted by Crippen LogP contribution is 2.33. The predicted octanol–water partition coefficient (Wildman–Crippen LogP) is 4.42. The molecule has 0 amide bonds. The Morgan fingerprint density at radius 2 is 1.85 bits per heavy atom. The maximum absolute atomic E-state index is 11.7. The summed E-state index contributed by atoms with van der Waals surface area (Å²) in [6.45, 7) is 2.23. The molecular formula is C22H25BrO4. The molecule has 2 aromatic rings. The van der Waals surface area contributed by atoms with Crippen LogP contribution in [0.5, 0.6) is 5.75 Å². The van der Waals surface area contributed by atoms with E-state index in [1.165, 1.54) is 5.56 Å². The number of aryl methyl sites for hydroxylation is 1. The van der Waals surface area contributed by atoms with E-state index in [-0.39, 0.29) is 23.3 Å². The van der Waals surface area contributed by atoms with Crippen molar-refractivity contribution >= 4 is 21.9 Å². The monoisotopic (exact) mass is 432 g/mol. The van der Waals surface area contributed by atoms with Gasteiger partial charge in [0.05, 0.1) is 16.8 Å². The van der Waals surface area contributed by atoms with Crippen LogP contribution in [-0.4, -0.2) is 27.6 Å². The minimum absolute atomic E-state index is 0.0316. The zero-order chi connectivity index (χ0) is 19.3. The number of ether oxygens (including phenoxy) is 2. The summed E-state index contributed by atoms with van der Waals surface area (Å²) in [5, 5.41) is 10.3. The molecule has 2 aromatic carbocycles. The van der Waals surface area contributed by atoms with Crippen molar-refractivity contribution in [2.24, 2.45) is 0 Å². The summed E-state index contributed by atoms with van der Waals surface area (Å²) in [5.41, 5.74) is 1.29. The van der Waals surface area contributed by atoms with E-state index in [0.29, 0.717) is 13.0 Å². The molecular weight excluding hydrogens is 408 g/mol. The summed E-state index contributed by atoms with van der Waals surface area (Å²) in [4.78, 5) is 11.4. The second kappa shape index (κ2) is 8.89. The molecule has 1 N–H and O–H groups in total. The van der Waals surface area contributed by atoms with Crippen molar-refractivity contribution in [3.05, 3.63) is 65.7 Å². The van der Waals surface area contributed by atoms with Crippen molar-refractivity contribution in [1.82, 2.24) is 0 Å². The van der Waals surface area contributed by atoms with Crippen molar-refractivity contribution in [1.29, 1.82) is 0 Å². The summed E-state index contributed by atoms with van der Waals surface area (Å²) in [6.07, 6.45) is 2.21. The Morgan fingerprint density at radius 3 is 2.56 bits per heavy atom. The van der Waals surface area contributed by atoms with Crippen LogP contribution in [0.1, 0.15) is 37.3 Å². The van der Waals surface area contributed by atoms with E-state index in [9.17, 15) is 9.90 Å². The highest BCUT2D eigenvalue weighted by Gasteiger charge is 2.44. The van der Waals surface area contributed by atoms with E-state index in [1.807, 2.05) is 42.5 Å². The highest BCUT2D eigenvalue weighted by molar-refractivity contribution is 9.09. The first kappa shape index (κ1) is 19.9. The minimum Gasteiger partial charge on any atom is -0.489 e. The number of benzene rings is 2. The second-order valence-corrected chi connectivity index (χ2v) is 8.26. The van der Waals surface area contributed by atoms with Crippen molar-refractivity contribution in [3.63, 3.8) is 0 Å². The summed E-state index contributed by atoms with van der Waals surface area (Å²) < 4.78 is 11.2. The zero-order valence-electron chi connectivity index (χ0n) is 15.4. The molecule has 0 saturated carbocycles. The fourth-order valence-electron chi connectivity index (χ4n) is 3.27. The topological polar surface area (TPSA) is 55.8 Å². The van der Waals surface area contributed by atoms with Gasteiger partial charge in [0.1, 0.15) is 18.5 Å². The lowest BCUT2D eigenvalue weighted by Crippen LogP contribution is -2.51. The molecule has 1 fully saturated rings. The van der Waals surface area contributed by atoms with Crippen molar-refractivity contribution < 1.29 is 19.4 Å². The molecule has 1 aliphatic heterocycles. The second-order valence-electron chi connectivity index (χ2n) is 7.27. The van der Waals surface area contributed by atoms with Gasteiger partial charge in [-0.15, -0.1) is 0 Å². The number of aliphatic hydroxyl groups is 1. The van der Waals surface area contributed by atoms with Crippen LogP contribution >= 0.6 is 15.9 Å². The van der Waals surface area contributed by atoms with E-state index >= 15 is 0 Å². The smallest absolute Gasteiger partial charge is 0.309 e. The van der Waals surface area contributed by atoms with E-state index in [0.717, 1.165) is 24.2 Å². The number of rotatable bonds is 7. The SMILES string of the molecule is CC1(O)CC(=O)OC(CCCc2ccc(OCc3ccccc3)cc2)C1Br. The maximum atomic E-state index is 11.7. The fraction of sp³-hybridized carbons (Fsp3) is 0.409. The first-order chi connectivity index (χ1) is 12.9. The van der Waals surface area contributed by atoms with Crippen molar-refractivity contribution in [2.75, 3.05) is 0 Å². The van der Waals surface area contributed by atoms with Gasteiger partial charge in [0.2, 0.25) is 0 Å².